The highest BCUT2D eigenvalue weighted by Gasteiger charge is 2.02. The molecule has 0 aliphatic carbocycles. The lowest BCUT2D eigenvalue weighted by Gasteiger charge is -2.06. The molecule has 0 spiro atoms. The highest BCUT2D eigenvalue weighted by molar-refractivity contribution is 5.93. The van der Waals surface area contributed by atoms with Gasteiger partial charge in [-0.2, -0.15) is 0 Å². The average Bonchev–Trinajstić information content (AvgIpc) is 1.88. The maximum absolute atomic E-state index is 10.8. The van der Waals surface area contributed by atoms with E-state index in [-0.39, 0.29) is 5.78 Å². The molecule has 0 atom stereocenters. The number of hydrogen-bond donors (Lipinski definition) is 2. The smallest absolute Gasteiger partial charge is 0.177 e. The van der Waals surface area contributed by atoms with Crippen LogP contribution in [0, 0.1) is 0 Å². The van der Waals surface area contributed by atoms with Gasteiger partial charge in [-0.3, -0.25) is 4.79 Å². The minimum absolute atomic E-state index is 0.0503. The molecule has 0 aromatic carbocycles. The molecule has 3 heteroatoms. The van der Waals surface area contributed by atoms with E-state index >= 15 is 0 Å². The number of carbonyl (C=O) groups excluding carboxylic acids is 1. The summed E-state index contributed by atoms with van der Waals surface area (Å²) in [4.78, 5) is 10.8. The first-order valence-corrected chi connectivity index (χ1v) is 3.20. The molecule has 0 fully saturated rings. The van der Waals surface area contributed by atoms with Crippen LogP contribution >= 0.6 is 0 Å². The van der Waals surface area contributed by atoms with Gasteiger partial charge < -0.3 is 10.6 Å². The van der Waals surface area contributed by atoms with Crippen molar-refractivity contribution in [1.82, 2.24) is 10.6 Å². The molecule has 0 aromatic heterocycles. The van der Waals surface area contributed by atoms with Crippen LogP contribution in [0.5, 0.6) is 0 Å². The number of hydrogen-bond acceptors (Lipinski definition) is 3. The summed E-state index contributed by atoms with van der Waals surface area (Å²) < 4.78 is 0. The Bertz CT molecular complexity index is 161. The Morgan fingerprint density at radius 3 is 1.70 bits per heavy atom. The van der Waals surface area contributed by atoms with Gasteiger partial charge in [0.2, 0.25) is 0 Å². The largest absolute Gasteiger partial charge is 0.390 e. The van der Waals surface area contributed by atoms with Crippen LogP contribution in [0.15, 0.2) is 11.4 Å². The molecular weight excluding hydrogens is 128 g/mol. The van der Waals surface area contributed by atoms with Gasteiger partial charge in [-0.15, -0.1) is 0 Å². The number of carbonyl (C=O) groups is 1. The van der Waals surface area contributed by atoms with Crippen molar-refractivity contribution in [1.29, 1.82) is 0 Å². The summed E-state index contributed by atoms with van der Waals surface area (Å²) in [6.45, 7) is 3.39. The molecule has 10 heavy (non-hydrogen) atoms. The molecule has 0 unspecified atom stereocenters. The molecule has 0 aliphatic rings. The molecule has 0 aliphatic heterocycles. The van der Waals surface area contributed by atoms with Crippen LogP contribution in [0.25, 0.3) is 0 Å². The highest BCUT2D eigenvalue weighted by atomic mass is 16.1. The van der Waals surface area contributed by atoms with Crippen LogP contribution in [0.4, 0.5) is 0 Å². The maximum Gasteiger partial charge on any atom is 0.177 e. The van der Waals surface area contributed by atoms with Gasteiger partial charge >= 0.3 is 0 Å². The van der Waals surface area contributed by atoms with Crippen LogP contribution in [-0.4, -0.2) is 19.9 Å². The lowest BCUT2D eigenvalue weighted by atomic mass is 10.2. The molecule has 0 radical (unpaired) electrons. The summed E-state index contributed by atoms with van der Waals surface area (Å²) >= 11 is 0. The second-order valence-corrected chi connectivity index (χ2v) is 2.06. The average molecular weight is 142 g/mol. The zero-order chi connectivity index (χ0) is 8.15. The van der Waals surface area contributed by atoms with Gasteiger partial charge in [-0.05, 0) is 6.92 Å². The molecule has 3 nitrogen and oxygen atoms in total. The number of Topliss-reactive ketones (excluding diaryl/α,β-unsaturated/α-hetero) is 1. The number of ketones is 1. The van der Waals surface area contributed by atoms with E-state index in [1.54, 1.807) is 14.1 Å². The first-order chi connectivity index (χ1) is 4.63. The van der Waals surface area contributed by atoms with Crippen LogP contribution in [-0.2, 0) is 4.79 Å². The fourth-order valence-corrected chi connectivity index (χ4v) is 0.753. The normalized spacial score (nSPS) is 12.0. The maximum atomic E-state index is 10.8. The van der Waals surface area contributed by atoms with Crippen molar-refractivity contribution in [2.75, 3.05) is 14.1 Å². The first-order valence-electron chi connectivity index (χ1n) is 3.20. The predicted molar refractivity (Wildman–Crippen MR) is 41.5 cm³/mol. The van der Waals surface area contributed by atoms with E-state index in [1.165, 1.54) is 6.92 Å². The van der Waals surface area contributed by atoms with E-state index in [9.17, 15) is 4.79 Å². The number of nitrogens with one attached hydrogen (secondary N) is 2. The molecule has 0 saturated heterocycles. The van der Waals surface area contributed by atoms with Crippen molar-refractivity contribution in [3.8, 4) is 0 Å². The van der Waals surface area contributed by atoms with Gasteiger partial charge in [-0.1, -0.05) is 0 Å². The standard InChI is InChI=1S/C7H14N2O/c1-5(8-3)7(9-4)6(2)10/h8-9H,1-4H3. The molecule has 2 N–H and O–H groups in total. The van der Waals surface area contributed by atoms with Gasteiger partial charge in [0.1, 0.15) is 0 Å². The second kappa shape index (κ2) is 3.93. The summed E-state index contributed by atoms with van der Waals surface area (Å²) in [5.41, 5.74) is 1.51. The summed E-state index contributed by atoms with van der Waals surface area (Å²) in [7, 11) is 3.52. The molecule has 0 heterocycles. The lowest BCUT2D eigenvalue weighted by molar-refractivity contribution is -0.114. The summed E-state index contributed by atoms with van der Waals surface area (Å²) in [5, 5.41) is 5.71. The zero-order valence-corrected chi connectivity index (χ0v) is 6.91. The van der Waals surface area contributed by atoms with Crippen molar-refractivity contribution < 1.29 is 4.79 Å². The monoisotopic (exact) mass is 142 g/mol. The topological polar surface area (TPSA) is 41.1 Å². The molecule has 0 bridgehead atoms. The first kappa shape index (κ1) is 9.01. The van der Waals surface area contributed by atoms with Crippen molar-refractivity contribution in [3.05, 3.63) is 11.4 Å². The third-order valence-corrected chi connectivity index (χ3v) is 1.35. The van der Waals surface area contributed by atoms with E-state index in [4.69, 9.17) is 0 Å². The lowest BCUT2D eigenvalue weighted by Crippen LogP contribution is -2.20. The van der Waals surface area contributed by atoms with Crippen LogP contribution in [0.1, 0.15) is 13.8 Å². The SMILES string of the molecule is CNC(C)=C(NC)C(C)=O. The highest BCUT2D eigenvalue weighted by Crippen LogP contribution is 1.95. The van der Waals surface area contributed by atoms with Crippen molar-refractivity contribution in [3.63, 3.8) is 0 Å². The van der Waals surface area contributed by atoms with Crippen molar-refractivity contribution >= 4 is 5.78 Å². The molecule has 0 saturated carbocycles. The van der Waals surface area contributed by atoms with E-state index in [0.29, 0.717) is 5.70 Å². The predicted octanol–water partition coefficient (Wildman–Crippen LogP) is 0.246. The van der Waals surface area contributed by atoms with Gasteiger partial charge in [0.05, 0.1) is 5.70 Å². The number of rotatable bonds is 3. The van der Waals surface area contributed by atoms with E-state index in [2.05, 4.69) is 10.6 Å². The van der Waals surface area contributed by atoms with Crippen LogP contribution in [0.3, 0.4) is 0 Å². The van der Waals surface area contributed by atoms with Crippen molar-refractivity contribution in [2.24, 2.45) is 0 Å². The quantitative estimate of drug-likeness (QED) is 0.555. The minimum Gasteiger partial charge on any atom is -0.390 e. The molecule has 0 aromatic rings. The minimum atomic E-state index is 0.0503. The Morgan fingerprint density at radius 2 is 1.60 bits per heavy atom. The fourth-order valence-electron chi connectivity index (χ4n) is 0.753. The fraction of sp³-hybridized carbons (Fsp3) is 0.571. The summed E-state index contributed by atoms with van der Waals surface area (Å²) in [6.07, 6.45) is 0. The molecule has 58 valence electrons. The third kappa shape index (κ3) is 2.09. The van der Waals surface area contributed by atoms with E-state index in [0.717, 1.165) is 5.70 Å². The summed E-state index contributed by atoms with van der Waals surface area (Å²) in [6, 6.07) is 0. The third-order valence-electron chi connectivity index (χ3n) is 1.35. The Kier molecular flexibility index (Phi) is 3.54. The van der Waals surface area contributed by atoms with Crippen LogP contribution in [0.2, 0.25) is 0 Å². The summed E-state index contributed by atoms with van der Waals surface area (Å²) in [5.74, 6) is 0.0503. The van der Waals surface area contributed by atoms with Gasteiger partial charge in [-0.25, -0.2) is 0 Å². The van der Waals surface area contributed by atoms with E-state index < -0.39 is 0 Å². The van der Waals surface area contributed by atoms with Gasteiger partial charge in [0.15, 0.2) is 5.78 Å². The Labute approximate surface area is 61.5 Å². The Hall–Kier alpha value is -0.990. The molecular formula is C7H14N2O. The van der Waals surface area contributed by atoms with Gasteiger partial charge in [0.25, 0.3) is 0 Å². The Balaban J connectivity index is 4.45. The number of likely N-dealkylation sites (N-methyl/N-ethyl adjacent to an activating group) is 1. The second-order valence-electron chi connectivity index (χ2n) is 2.06. The Morgan fingerprint density at radius 1 is 1.10 bits per heavy atom. The van der Waals surface area contributed by atoms with E-state index in [1.807, 2.05) is 6.92 Å². The number of allylic oxidation sites excluding steroid dienone is 2. The molecule has 0 rings (SSSR count). The van der Waals surface area contributed by atoms with Crippen LogP contribution < -0.4 is 10.6 Å². The molecule has 0 amide bonds. The van der Waals surface area contributed by atoms with Gasteiger partial charge in [0, 0.05) is 26.7 Å². The van der Waals surface area contributed by atoms with Crippen molar-refractivity contribution in [2.45, 2.75) is 13.8 Å². The zero-order valence-electron chi connectivity index (χ0n) is 6.91.